The number of hydrogen-bond donors (Lipinski definition) is 1. The largest absolute Gasteiger partial charge is 0.472 e. The summed E-state index contributed by atoms with van der Waals surface area (Å²) in [6.45, 7) is 4.06. The fraction of sp³-hybridized carbons (Fsp3) is 0.571. The number of amides is 2. The van der Waals surface area contributed by atoms with Crippen molar-refractivity contribution in [3.8, 4) is 0 Å². The fourth-order valence-corrected chi connectivity index (χ4v) is 1.74. The molecule has 6 heteroatoms. The zero-order valence-corrected chi connectivity index (χ0v) is 12.1. The average molecular weight is 282 g/mol. The third kappa shape index (κ3) is 5.44. The van der Waals surface area contributed by atoms with Crippen molar-refractivity contribution in [2.24, 2.45) is 0 Å². The Labute approximate surface area is 119 Å². The lowest BCUT2D eigenvalue weighted by Crippen LogP contribution is -2.35. The molecule has 2 amide bonds. The van der Waals surface area contributed by atoms with Crippen molar-refractivity contribution >= 4 is 11.8 Å². The molecule has 0 radical (unpaired) electrons. The van der Waals surface area contributed by atoms with Crippen LogP contribution in [0.1, 0.15) is 30.1 Å². The Morgan fingerprint density at radius 3 is 2.85 bits per heavy atom. The Morgan fingerprint density at radius 2 is 2.25 bits per heavy atom. The highest BCUT2D eigenvalue weighted by molar-refractivity contribution is 5.94. The number of rotatable bonds is 9. The van der Waals surface area contributed by atoms with Gasteiger partial charge in [0.1, 0.15) is 6.26 Å². The minimum absolute atomic E-state index is 0.0560. The lowest BCUT2D eigenvalue weighted by molar-refractivity contribution is -0.121. The van der Waals surface area contributed by atoms with Crippen molar-refractivity contribution in [3.05, 3.63) is 24.2 Å². The maximum absolute atomic E-state index is 12.1. The Hall–Kier alpha value is -1.82. The Morgan fingerprint density at radius 1 is 1.45 bits per heavy atom. The summed E-state index contributed by atoms with van der Waals surface area (Å²) in [5.74, 6) is -0.173. The zero-order chi connectivity index (χ0) is 14.8. The number of carbonyl (C=O) groups is 2. The summed E-state index contributed by atoms with van der Waals surface area (Å²) in [5, 5.41) is 2.80. The molecule has 0 aliphatic rings. The van der Waals surface area contributed by atoms with Crippen molar-refractivity contribution in [2.45, 2.75) is 19.8 Å². The minimum atomic E-state index is -0.117. The predicted molar refractivity (Wildman–Crippen MR) is 74.4 cm³/mol. The highest BCUT2D eigenvalue weighted by atomic mass is 16.5. The first-order chi connectivity index (χ1) is 9.69. The van der Waals surface area contributed by atoms with Crippen LogP contribution in [-0.4, -0.2) is 50.1 Å². The molecule has 6 nitrogen and oxygen atoms in total. The molecule has 0 bridgehead atoms. The third-order valence-corrected chi connectivity index (χ3v) is 2.89. The van der Waals surface area contributed by atoms with Crippen LogP contribution in [0.3, 0.4) is 0 Å². The molecule has 1 heterocycles. The summed E-state index contributed by atoms with van der Waals surface area (Å²) in [5.41, 5.74) is 0.507. The molecule has 0 unspecified atom stereocenters. The maximum Gasteiger partial charge on any atom is 0.257 e. The third-order valence-electron chi connectivity index (χ3n) is 2.89. The molecule has 0 aliphatic heterocycles. The Kier molecular flexibility index (Phi) is 7.42. The van der Waals surface area contributed by atoms with Crippen molar-refractivity contribution < 1.29 is 18.7 Å². The van der Waals surface area contributed by atoms with Gasteiger partial charge in [-0.3, -0.25) is 9.59 Å². The summed E-state index contributed by atoms with van der Waals surface area (Å²) in [6.07, 6.45) is 3.96. The molecular weight excluding hydrogens is 260 g/mol. The van der Waals surface area contributed by atoms with E-state index in [0.29, 0.717) is 38.2 Å². The number of carbonyl (C=O) groups excluding carboxylic acids is 2. The average Bonchev–Trinajstić information content (AvgIpc) is 2.98. The van der Waals surface area contributed by atoms with Gasteiger partial charge < -0.3 is 19.4 Å². The van der Waals surface area contributed by atoms with Crippen LogP contribution in [0.15, 0.2) is 23.0 Å². The number of nitrogens with zero attached hydrogens (tertiary/aromatic N) is 1. The molecule has 20 heavy (non-hydrogen) atoms. The van der Waals surface area contributed by atoms with Crippen molar-refractivity contribution in [3.63, 3.8) is 0 Å². The second kappa shape index (κ2) is 9.14. The van der Waals surface area contributed by atoms with E-state index in [1.54, 1.807) is 18.1 Å². The molecule has 112 valence electrons. The fourth-order valence-electron chi connectivity index (χ4n) is 1.74. The molecule has 0 saturated heterocycles. The van der Waals surface area contributed by atoms with Crippen LogP contribution >= 0.6 is 0 Å². The lowest BCUT2D eigenvalue weighted by atomic mass is 10.2. The number of hydrogen-bond acceptors (Lipinski definition) is 4. The summed E-state index contributed by atoms with van der Waals surface area (Å²) < 4.78 is 9.79. The van der Waals surface area contributed by atoms with E-state index in [0.717, 1.165) is 6.42 Å². The van der Waals surface area contributed by atoms with Crippen LogP contribution in [0.25, 0.3) is 0 Å². The first kappa shape index (κ1) is 16.2. The lowest BCUT2D eigenvalue weighted by Gasteiger charge is -2.19. The molecule has 0 saturated carbocycles. The van der Waals surface area contributed by atoms with Crippen LogP contribution in [0.5, 0.6) is 0 Å². The number of ether oxygens (including phenoxy) is 1. The van der Waals surface area contributed by atoms with E-state index < -0.39 is 0 Å². The van der Waals surface area contributed by atoms with Gasteiger partial charge in [0.05, 0.1) is 11.8 Å². The van der Waals surface area contributed by atoms with E-state index in [1.165, 1.54) is 12.5 Å². The van der Waals surface area contributed by atoms with Crippen LogP contribution in [0.4, 0.5) is 0 Å². The van der Waals surface area contributed by atoms with Crippen LogP contribution < -0.4 is 5.32 Å². The molecule has 1 aromatic rings. The quantitative estimate of drug-likeness (QED) is 0.693. The van der Waals surface area contributed by atoms with E-state index in [2.05, 4.69) is 5.32 Å². The summed E-state index contributed by atoms with van der Waals surface area (Å²) >= 11 is 0. The molecule has 0 spiro atoms. The van der Waals surface area contributed by atoms with Gasteiger partial charge in [-0.2, -0.15) is 0 Å². The van der Waals surface area contributed by atoms with E-state index in [1.807, 2.05) is 6.92 Å². The first-order valence-corrected chi connectivity index (χ1v) is 6.76. The van der Waals surface area contributed by atoms with Gasteiger partial charge in [0.15, 0.2) is 0 Å². The molecule has 1 rings (SSSR count). The van der Waals surface area contributed by atoms with Crippen molar-refractivity contribution in [1.82, 2.24) is 10.2 Å². The Bertz CT molecular complexity index is 403. The van der Waals surface area contributed by atoms with E-state index in [-0.39, 0.29) is 11.8 Å². The molecular formula is C14H22N2O4. The van der Waals surface area contributed by atoms with Crippen LogP contribution in [0.2, 0.25) is 0 Å². The van der Waals surface area contributed by atoms with Gasteiger partial charge in [-0.25, -0.2) is 0 Å². The van der Waals surface area contributed by atoms with Gasteiger partial charge >= 0.3 is 0 Å². The second-order valence-corrected chi connectivity index (χ2v) is 4.34. The smallest absolute Gasteiger partial charge is 0.257 e. The summed E-state index contributed by atoms with van der Waals surface area (Å²) in [6, 6.07) is 1.62. The first-order valence-electron chi connectivity index (χ1n) is 6.76. The highest BCUT2D eigenvalue weighted by Gasteiger charge is 2.16. The number of methoxy groups -OCH3 is 1. The summed E-state index contributed by atoms with van der Waals surface area (Å²) in [7, 11) is 1.63. The SMILES string of the molecule is CCN(CCC(=O)NCCCOC)C(=O)c1ccoc1. The highest BCUT2D eigenvalue weighted by Crippen LogP contribution is 2.06. The van der Waals surface area contributed by atoms with Gasteiger partial charge in [-0.05, 0) is 19.4 Å². The topological polar surface area (TPSA) is 71.8 Å². The molecule has 0 atom stereocenters. The van der Waals surface area contributed by atoms with E-state index in [9.17, 15) is 9.59 Å². The van der Waals surface area contributed by atoms with Crippen molar-refractivity contribution in [1.29, 1.82) is 0 Å². The second-order valence-electron chi connectivity index (χ2n) is 4.34. The molecule has 1 N–H and O–H groups in total. The normalized spacial score (nSPS) is 10.3. The Balaban J connectivity index is 2.30. The standard InChI is InChI=1S/C14H22N2O4/c1-3-16(14(18)12-6-10-20-11-12)8-5-13(17)15-7-4-9-19-2/h6,10-11H,3-5,7-9H2,1-2H3,(H,15,17). The molecule has 0 fully saturated rings. The number of furan rings is 1. The van der Waals surface area contributed by atoms with Gasteiger partial charge in [0.2, 0.25) is 5.91 Å². The predicted octanol–water partition coefficient (Wildman–Crippen LogP) is 1.28. The van der Waals surface area contributed by atoms with E-state index >= 15 is 0 Å². The molecule has 1 aromatic heterocycles. The molecule has 0 aliphatic carbocycles. The van der Waals surface area contributed by atoms with Gasteiger partial charge in [-0.15, -0.1) is 0 Å². The minimum Gasteiger partial charge on any atom is -0.472 e. The van der Waals surface area contributed by atoms with Crippen molar-refractivity contribution in [2.75, 3.05) is 33.4 Å². The maximum atomic E-state index is 12.1. The van der Waals surface area contributed by atoms with Gasteiger partial charge in [-0.1, -0.05) is 0 Å². The van der Waals surface area contributed by atoms with E-state index in [4.69, 9.17) is 9.15 Å². The monoisotopic (exact) mass is 282 g/mol. The number of nitrogens with one attached hydrogen (secondary N) is 1. The van der Waals surface area contributed by atoms with Crippen LogP contribution in [-0.2, 0) is 9.53 Å². The van der Waals surface area contributed by atoms with Gasteiger partial charge in [0, 0.05) is 39.8 Å². The molecule has 0 aromatic carbocycles. The van der Waals surface area contributed by atoms with Gasteiger partial charge in [0.25, 0.3) is 5.91 Å². The zero-order valence-electron chi connectivity index (χ0n) is 12.1. The van der Waals surface area contributed by atoms with Crippen LogP contribution in [0, 0.1) is 0 Å². The summed E-state index contributed by atoms with van der Waals surface area (Å²) in [4.78, 5) is 25.3.